The minimum Gasteiger partial charge on any atom is -0.375 e. The zero-order valence-corrected chi connectivity index (χ0v) is 22.0. The van der Waals surface area contributed by atoms with E-state index < -0.39 is 0 Å². The van der Waals surface area contributed by atoms with Crippen molar-refractivity contribution in [2.45, 2.75) is 64.2 Å². The van der Waals surface area contributed by atoms with Crippen LogP contribution in [0.3, 0.4) is 0 Å². The third-order valence-electron chi connectivity index (χ3n) is 6.36. The van der Waals surface area contributed by atoms with Crippen molar-refractivity contribution >= 4 is 29.9 Å². The third-order valence-corrected chi connectivity index (χ3v) is 6.36. The van der Waals surface area contributed by atoms with E-state index in [4.69, 9.17) is 14.2 Å². The van der Waals surface area contributed by atoms with Crippen molar-refractivity contribution in [1.29, 1.82) is 0 Å². The summed E-state index contributed by atoms with van der Waals surface area (Å²) in [5.41, 5.74) is 2.61. The Morgan fingerprint density at radius 2 is 1.69 bits per heavy atom. The van der Waals surface area contributed by atoms with Gasteiger partial charge in [-0.2, -0.15) is 0 Å². The molecule has 0 amide bonds. The summed E-state index contributed by atoms with van der Waals surface area (Å²) in [6.45, 7) is 11.3. The van der Waals surface area contributed by atoms with Gasteiger partial charge in [-0.1, -0.05) is 24.3 Å². The van der Waals surface area contributed by atoms with Gasteiger partial charge in [-0.05, 0) is 37.8 Å². The predicted octanol–water partition coefficient (Wildman–Crippen LogP) is 2.87. The SMILES string of the molecule is CN=C(NCc1ccc(CN2CC(C)OC(C)C2)cc1)N1CCOC(C2CCCO2)C1.I. The lowest BCUT2D eigenvalue weighted by atomic mass is 10.1. The molecule has 180 valence electrons. The van der Waals surface area contributed by atoms with Crippen LogP contribution in [0.1, 0.15) is 37.8 Å². The maximum Gasteiger partial charge on any atom is 0.194 e. The van der Waals surface area contributed by atoms with Gasteiger partial charge in [-0.15, -0.1) is 24.0 Å². The van der Waals surface area contributed by atoms with Crippen molar-refractivity contribution in [3.63, 3.8) is 0 Å². The van der Waals surface area contributed by atoms with E-state index in [1.54, 1.807) is 0 Å². The average molecular weight is 559 g/mol. The van der Waals surface area contributed by atoms with Gasteiger partial charge in [0.2, 0.25) is 0 Å². The summed E-state index contributed by atoms with van der Waals surface area (Å²) in [5, 5.41) is 3.53. The van der Waals surface area contributed by atoms with Gasteiger partial charge in [0, 0.05) is 52.9 Å². The van der Waals surface area contributed by atoms with Crippen LogP contribution in [-0.4, -0.2) is 86.6 Å². The summed E-state index contributed by atoms with van der Waals surface area (Å²) >= 11 is 0. The molecule has 0 radical (unpaired) electrons. The second-order valence-corrected chi connectivity index (χ2v) is 9.08. The first-order valence-corrected chi connectivity index (χ1v) is 11.7. The molecular formula is C24H39IN4O3. The molecule has 0 bridgehead atoms. The standard InChI is InChI=1S/C24H38N4O3.HI/c1-18-14-27(15-19(2)31-18)16-21-8-6-20(7-9-21)13-26-24(25-3)28-10-12-30-23(17-28)22-5-4-11-29-22;/h6-9,18-19,22-23H,4-5,10-17H2,1-3H3,(H,25,26);1H. The van der Waals surface area contributed by atoms with Gasteiger partial charge in [-0.3, -0.25) is 9.89 Å². The van der Waals surface area contributed by atoms with E-state index in [9.17, 15) is 0 Å². The molecule has 32 heavy (non-hydrogen) atoms. The molecule has 3 aliphatic heterocycles. The van der Waals surface area contributed by atoms with Gasteiger partial charge in [-0.25, -0.2) is 0 Å². The van der Waals surface area contributed by atoms with Crippen molar-refractivity contribution in [3.05, 3.63) is 35.4 Å². The van der Waals surface area contributed by atoms with Gasteiger partial charge >= 0.3 is 0 Å². The number of hydrogen-bond donors (Lipinski definition) is 1. The molecule has 4 atom stereocenters. The normalized spacial score (nSPS) is 29.6. The van der Waals surface area contributed by atoms with Crippen molar-refractivity contribution in [2.75, 3.05) is 46.4 Å². The van der Waals surface area contributed by atoms with Gasteiger partial charge in [0.15, 0.2) is 5.96 Å². The predicted molar refractivity (Wildman–Crippen MR) is 138 cm³/mol. The van der Waals surface area contributed by atoms with Gasteiger partial charge in [0.1, 0.15) is 6.10 Å². The number of morpholine rings is 2. The number of ether oxygens (including phenoxy) is 3. The Labute approximate surface area is 209 Å². The Kier molecular flexibility index (Phi) is 10.0. The monoisotopic (exact) mass is 558 g/mol. The summed E-state index contributed by atoms with van der Waals surface area (Å²) < 4.78 is 17.7. The zero-order chi connectivity index (χ0) is 21.6. The second kappa shape index (κ2) is 12.5. The van der Waals surface area contributed by atoms with Crippen LogP contribution in [0.5, 0.6) is 0 Å². The molecule has 3 aliphatic rings. The Morgan fingerprint density at radius 3 is 2.34 bits per heavy atom. The molecule has 3 saturated heterocycles. The highest BCUT2D eigenvalue weighted by Crippen LogP contribution is 2.21. The number of nitrogens with zero attached hydrogens (tertiary/aromatic N) is 3. The molecule has 7 nitrogen and oxygen atoms in total. The first-order chi connectivity index (χ1) is 15.1. The fourth-order valence-electron chi connectivity index (χ4n) is 4.94. The maximum atomic E-state index is 5.98. The lowest BCUT2D eigenvalue weighted by Crippen LogP contribution is -2.53. The third kappa shape index (κ3) is 7.03. The first-order valence-electron chi connectivity index (χ1n) is 11.7. The topological polar surface area (TPSA) is 58.6 Å². The van der Waals surface area contributed by atoms with Crippen LogP contribution >= 0.6 is 24.0 Å². The maximum absolute atomic E-state index is 5.98. The molecule has 4 rings (SSSR count). The lowest BCUT2D eigenvalue weighted by Gasteiger charge is -2.37. The number of nitrogens with one attached hydrogen (secondary N) is 1. The number of aliphatic imine (C=N–C) groups is 1. The molecule has 4 unspecified atom stereocenters. The molecule has 0 spiro atoms. The summed E-state index contributed by atoms with van der Waals surface area (Å²) in [6, 6.07) is 8.92. The molecule has 3 fully saturated rings. The number of benzene rings is 1. The van der Waals surface area contributed by atoms with Crippen LogP contribution in [0.25, 0.3) is 0 Å². The molecular weight excluding hydrogens is 519 g/mol. The minimum absolute atomic E-state index is 0. The Hall–Kier alpha value is -0.940. The van der Waals surface area contributed by atoms with Crippen molar-refractivity contribution < 1.29 is 14.2 Å². The zero-order valence-electron chi connectivity index (χ0n) is 19.7. The number of hydrogen-bond acceptors (Lipinski definition) is 5. The molecule has 1 aromatic carbocycles. The van der Waals surface area contributed by atoms with Crippen LogP contribution in [0.4, 0.5) is 0 Å². The highest BCUT2D eigenvalue weighted by molar-refractivity contribution is 14.0. The Morgan fingerprint density at radius 1 is 1.00 bits per heavy atom. The van der Waals surface area contributed by atoms with E-state index >= 15 is 0 Å². The first kappa shape index (κ1) is 25.7. The van der Waals surface area contributed by atoms with Crippen LogP contribution in [-0.2, 0) is 27.3 Å². The smallest absolute Gasteiger partial charge is 0.194 e. The molecule has 0 aromatic heterocycles. The second-order valence-electron chi connectivity index (χ2n) is 9.08. The summed E-state index contributed by atoms with van der Waals surface area (Å²) in [6.07, 6.45) is 3.21. The van der Waals surface area contributed by atoms with E-state index in [2.05, 4.69) is 58.2 Å². The molecule has 1 aromatic rings. The molecule has 8 heteroatoms. The Balaban J connectivity index is 0.00000289. The highest BCUT2D eigenvalue weighted by Gasteiger charge is 2.32. The van der Waals surface area contributed by atoms with E-state index in [1.165, 1.54) is 11.1 Å². The molecule has 0 aliphatic carbocycles. The van der Waals surface area contributed by atoms with Crippen LogP contribution in [0.15, 0.2) is 29.3 Å². The molecule has 1 N–H and O–H groups in total. The van der Waals surface area contributed by atoms with E-state index in [0.717, 1.165) is 71.3 Å². The molecule has 0 saturated carbocycles. The van der Waals surface area contributed by atoms with E-state index in [0.29, 0.717) is 12.2 Å². The number of guanidine groups is 1. The van der Waals surface area contributed by atoms with Crippen LogP contribution < -0.4 is 5.32 Å². The van der Waals surface area contributed by atoms with Gasteiger partial charge in [0.05, 0.1) is 24.9 Å². The number of rotatable bonds is 5. The van der Waals surface area contributed by atoms with E-state index in [1.807, 2.05) is 7.05 Å². The minimum atomic E-state index is 0. The Bertz CT molecular complexity index is 716. The molecule has 3 heterocycles. The largest absolute Gasteiger partial charge is 0.375 e. The fourth-order valence-corrected chi connectivity index (χ4v) is 4.94. The van der Waals surface area contributed by atoms with Crippen LogP contribution in [0, 0.1) is 0 Å². The lowest BCUT2D eigenvalue weighted by molar-refractivity contribution is -0.0817. The fraction of sp³-hybridized carbons (Fsp3) is 0.708. The van der Waals surface area contributed by atoms with Crippen LogP contribution in [0.2, 0.25) is 0 Å². The van der Waals surface area contributed by atoms with E-state index in [-0.39, 0.29) is 36.2 Å². The summed E-state index contributed by atoms with van der Waals surface area (Å²) in [7, 11) is 1.85. The van der Waals surface area contributed by atoms with Gasteiger partial charge < -0.3 is 24.4 Å². The van der Waals surface area contributed by atoms with Crippen molar-refractivity contribution in [1.82, 2.24) is 15.1 Å². The van der Waals surface area contributed by atoms with Crippen molar-refractivity contribution in [2.24, 2.45) is 4.99 Å². The quantitative estimate of drug-likeness (QED) is 0.341. The highest BCUT2D eigenvalue weighted by atomic mass is 127. The van der Waals surface area contributed by atoms with Crippen molar-refractivity contribution in [3.8, 4) is 0 Å². The number of halogens is 1. The summed E-state index contributed by atoms with van der Waals surface area (Å²) in [5.74, 6) is 0.937. The summed E-state index contributed by atoms with van der Waals surface area (Å²) in [4.78, 5) is 9.29. The van der Waals surface area contributed by atoms with Gasteiger partial charge in [0.25, 0.3) is 0 Å². The average Bonchev–Trinajstić information content (AvgIpc) is 3.30.